The number of carbonyl (C=O) groups excluding carboxylic acids is 1. The molecule has 2 aromatic rings. The summed E-state index contributed by atoms with van der Waals surface area (Å²) in [6.45, 7) is -0.260. The predicted molar refractivity (Wildman–Crippen MR) is 88.3 cm³/mol. The Morgan fingerprint density at radius 1 is 1.12 bits per heavy atom. The molecule has 9 heteroatoms. The molecule has 0 aliphatic heterocycles. The van der Waals surface area contributed by atoms with Gasteiger partial charge in [-0.05, 0) is 17.7 Å². The molecule has 0 aliphatic rings. The van der Waals surface area contributed by atoms with Crippen molar-refractivity contribution >= 4 is 11.7 Å². The summed E-state index contributed by atoms with van der Waals surface area (Å²) < 4.78 is 33.5. The maximum Gasteiger partial charge on any atom is 0.345 e. The number of hydrogen-bond acceptors (Lipinski definition) is 7. The average Bonchev–Trinajstić information content (AvgIpc) is 2.63. The van der Waals surface area contributed by atoms with Crippen molar-refractivity contribution < 1.29 is 33.1 Å². The zero-order valence-electron chi connectivity index (χ0n) is 14.3. The van der Waals surface area contributed by atoms with E-state index in [2.05, 4.69) is 0 Å². The monoisotopic (exact) mass is 365 g/mol. The van der Waals surface area contributed by atoms with E-state index in [1.165, 1.54) is 39.5 Å². The maximum absolute atomic E-state index is 13.2. The normalized spacial score (nSPS) is 10.2. The first-order valence-corrected chi connectivity index (χ1v) is 7.31. The van der Waals surface area contributed by atoms with Gasteiger partial charge in [-0.1, -0.05) is 12.1 Å². The number of nitro groups is 1. The summed E-state index contributed by atoms with van der Waals surface area (Å²) in [5, 5.41) is 11.5. The summed E-state index contributed by atoms with van der Waals surface area (Å²) >= 11 is 0. The first-order chi connectivity index (χ1) is 12.4. The summed E-state index contributed by atoms with van der Waals surface area (Å²) in [4.78, 5) is 23.1. The molecule has 0 N–H and O–H groups in total. The SMILES string of the molecule is COc1cc(C(=O)OCc2cccc(F)c2)c([N+](=O)[O-])c(OC)c1OC. The molecule has 0 bridgehead atoms. The molecule has 0 fully saturated rings. The Hall–Kier alpha value is -3.36. The molecule has 0 unspecified atom stereocenters. The minimum absolute atomic E-state index is 0.0246. The van der Waals surface area contributed by atoms with Crippen molar-refractivity contribution in [1.29, 1.82) is 0 Å². The molecule has 0 atom stereocenters. The number of benzene rings is 2. The largest absolute Gasteiger partial charge is 0.493 e. The minimum Gasteiger partial charge on any atom is -0.493 e. The third kappa shape index (κ3) is 3.82. The number of carbonyl (C=O) groups is 1. The molecule has 0 saturated carbocycles. The van der Waals surface area contributed by atoms with Gasteiger partial charge in [-0.3, -0.25) is 10.1 Å². The molecular formula is C17H16FNO7. The Morgan fingerprint density at radius 2 is 1.81 bits per heavy atom. The fourth-order valence-corrected chi connectivity index (χ4v) is 2.33. The van der Waals surface area contributed by atoms with Gasteiger partial charge in [0.1, 0.15) is 18.0 Å². The van der Waals surface area contributed by atoms with Gasteiger partial charge >= 0.3 is 11.7 Å². The van der Waals surface area contributed by atoms with Gasteiger partial charge in [0.25, 0.3) is 0 Å². The summed E-state index contributed by atoms with van der Waals surface area (Å²) in [6.07, 6.45) is 0. The van der Waals surface area contributed by atoms with Crippen LogP contribution in [-0.4, -0.2) is 32.2 Å². The van der Waals surface area contributed by atoms with Crippen molar-refractivity contribution in [3.05, 3.63) is 57.4 Å². The molecule has 138 valence electrons. The molecule has 2 rings (SSSR count). The number of rotatable bonds is 7. The quantitative estimate of drug-likeness (QED) is 0.422. The molecule has 8 nitrogen and oxygen atoms in total. The Balaban J connectivity index is 2.43. The van der Waals surface area contributed by atoms with Gasteiger partial charge in [0, 0.05) is 6.07 Å². The van der Waals surface area contributed by atoms with Crippen LogP contribution in [-0.2, 0) is 11.3 Å². The van der Waals surface area contributed by atoms with E-state index in [4.69, 9.17) is 18.9 Å². The highest BCUT2D eigenvalue weighted by molar-refractivity contribution is 5.97. The minimum atomic E-state index is -0.986. The van der Waals surface area contributed by atoms with Gasteiger partial charge in [-0.15, -0.1) is 0 Å². The van der Waals surface area contributed by atoms with Gasteiger partial charge < -0.3 is 18.9 Å². The van der Waals surface area contributed by atoms with Crippen LogP contribution < -0.4 is 14.2 Å². The van der Waals surface area contributed by atoms with Crippen LogP contribution in [0.25, 0.3) is 0 Å². The number of nitrogens with zero attached hydrogens (tertiary/aromatic N) is 1. The average molecular weight is 365 g/mol. The summed E-state index contributed by atoms with van der Waals surface area (Å²) in [5.74, 6) is -1.71. The molecule has 0 radical (unpaired) electrons. The van der Waals surface area contributed by atoms with Crippen molar-refractivity contribution in [2.45, 2.75) is 6.61 Å². The lowest BCUT2D eigenvalue weighted by atomic mass is 10.1. The summed E-state index contributed by atoms with van der Waals surface area (Å²) in [6, 6.07) is 6.58. The number of esters is 1. The van der Waals surface area contributed by atoms with Gasteiger partial charge in [0.15, 0.2) is 5.75 Å². The molecule has 0 saturated heterocycles. The lowest BCUT2D eigenvalue weighted by molar-refractivity contribution is -0.386. The Morgan fingerprint density at radius 3 is 2.35 bits per heavy atom. The highest BCUT2D eigenvalue weighted by Gasteiger charge is 2.33. The number of hydrogen-bond donors (Lipinski definition) is 0. The molecule has 0 amide bonds. The molecule has 0 aliphatic carbocycles. The fraction of sp³-hybridized carbons (Fsp3) is 0.235. The summed E-state index contributed by atoms with van der Waals surface area (Å²) in [5.41, 5.74) is -0.594. The Bertz CT molecular complexity index is 838. The first-order valence-electron chi connectivity index (χ1n) is 7.31. The molecule has 2 aromatic carbocycles. The highest BCUT2D eigenvalue weighted by atomic mass is 19.1. The van der Waals surface area contributed by atoms with Crippen molar-refractivity contribution in [2.24, 2.45) is 0 Å². The second-order valence-corrected chi connectivity index (χ2v) is 5.00. The molecular weight excluding hydrogens is 349 g/mol. The van der Waals surface area contributed by atoms with E-state index in [1.54, 1.807) is 6.07 Å². The highest BCUT2D eigenvalue weighted by Crippen LogP contribution is 2.46. The second kappa shape index (κ2) is 8.15. The van der Waals surface area contributed by atoms with Crippen LogP contribution in [0, 0.1) is 15.9 Å². The van der Waals surface area contributed by atoms with Gasteiger partial charge in [0.2, 0.25) is 11.5 Å². The molecule has 26 heavy (non-hydrogen) atoms. The van der Waals surface area contributed by atoms with Crippen LogP contribution >= 0.6 is 0 Å². The van der Waals surface area contributed by atoms with E-state index < -0.39 is 22.4 Å². The number of nitro benzene ring substituents is 1. The van der Waals surface area contributed by atoms with Crippen LogP contribution in [0.2, 0.25) is 0 Å². The zero-order valence-corrected chi connectivity index (χ0v) is 14.3. The Labute approximate surface area is 148 Å². The molecule has 0 spiro atoms. The van der Waals surface area contributed by atoms with E-state index >= 15 is 0 Å². The van der Waals surface area contributed by atoms with E-state index in [0.717, 1.165) is 6.07 Å². The topological polar surface area (TPSA) is 97.1 Å². The van der Waals surface area contributed by atoms with E-state index in [-0.39, 0.29) is 29.4 Å². The standard InChI is InChI=1S/C17H16FNO7/c1-23-13-8-12(14(19(21)22)16(25-3)15(13)24-2)17(20)26-9-10-5-4-6-11(18)7-10/h4-8H,9H2,1-3H3. The van der Waals surface area contributed by atoms with Crippen LogP contribution in [0.15, 0.2) is 30.3 Å². The van der Waals surface area contributed by atoms with Gasteiger partial charge in [0.05, 0.1) is 26.3 Å². The van der Waals surface area contributed by atoms with Crippen LogP contribution in [0.4, 0.5) is 10.1 Å². The van der Waals surface area contributed by atoms with E-state index in [9.17, 15) is 19.3 Å². The molecule has 0 heterocycles. The Kier molecular flexibility index (Phi) is 5.94. The fourth-order valence-electron chi connectivity index (χ4n) is 2.33. The molecule has 0 aromatic heterocycles. The van der Waals surface area contributed by atoms with Crippen molar-refractivity contribution in [2.75, 3.05) is 21.3 Å². The third-order valence-electron chi connectivity index (χ3n) is 3.47. The van der Waals surface area contributed by atoms with Crippen LogP contribution in [0.5, 0.6) is 17.2 Å². The number of methoxy groups -OCH3 is 3. The number of halogens is 1. The maximum atomic E-state index is 13.2. The van der Waals surface area contributed by atoms with Crippen LogP contribution in [0.1, 0.15) is 15.9 Å². The number of ether oxygens (including phenoxy) is 4. The van der Waals surface area contributed by atoms with Crippen molar-refractivity contribution in [3.8, 4) is 17.2 Å². The predicted octanol–water partition coefficient (Wildman–Crippen LogP) is 3.12. The second-order valence-electron chi connectivity index (χ2n) is 5.00. The van der Waals surface area contributed by atoms with Crippen molar-refractivity contribution in [1.82, 2.24) is 0 Å². The summed E-state index contributed by atoms with van der Waals surface area (Å²) in [7, 11) is 3.79. The lowest BCUT2D eigenvalue weighted by Crippen LogP contribution is -2.11. The first kappa shape index (κ1) is 19.0. The van der Waals surface area contributed by atoms with Gasteiger partial charge in [-0.25, -0.2) is 9.18 Å². The zero-order chi connectivity index (χ0) is 19.3. The van der Waals surface area contributed by atoms with E-state index in [1.807, 2.05) is 0 Å². The smallest absolute Gasteiger partial charge is 0.345 e. The van der Waals surface area contributed by atoms with E-state index in [0.29, 0.717) is 5.56 Å². The third-order valence-corrected chi connectivity index (χ3v) is 3.47. The van der Waals surface area contributed by atoms with Gasteiger partial charge in [-0.2, -0.15) is 0 Å². The van der Waals surface area contributed by atoms with Crippen molar-refractivity contribution in [3.63, 3.8) is 0 Å². The van der Waals surface area contributed by atoms with Crippen LogP contribution in [0.3, 0.4) is 0 Å². The lowest BCUT2D eigenvalue weighted by Gasteiger charge is -2.14.